The van der Waals surface area contributed by atoms with E-state index in [1.54, 1.807) is 0 Å². The van der Waals surface area contributed by atoms with Crippen LogP contribution in [-0.4, -0.2) is 116 Å². The second-order valence-corrected chi connectivity index (χ2v) is 21.3. The first-order valence-electron chi connectivity index (χ1n) is 26.4. The summed E-state index contributed by atoms with van der Waals surface area (Å²) >= 11 is 0. The van der Waals surface area contributed by atoms with Crippen molar-refractivity contribution in [3.05, 3.63) is 119 Å². The summed E-state index contributed by atoms with van der Waals surface area (Å²) in [5.74, 6) is 1.38. The lowest BCUT2D eigenvalue weighted by Gasteiger charge is -2.35. The highest BCUT2D eigenvalue weighted by Crippen LogP contribution is 2.48. The molecule has 0 radical (unpaired) electrons. The third-order valence-corrected chi connectivity index (χ3v) is 16.2. The van der Waals surface area contributed by atoms with Gasteiger partial charge in [0.05, 0.1) is 53.3 Å². The topological polar surface area (TPSA) is 183 Å². The van der Waals surface area contributed by atoms with Gasteiger partial charge in [0.15, 0.2) is 0 Å². The molecule has 0 unspecified atom stereocenters. The number of benzene rings is 4. The average Bonchev–Trinajstić information content (AvgIpc) is 4.27. The summed E-state index contributed by atoms with van der Waals surface area (Å²) in [4.78, 5) is 79.5. The number of carbonyl (C=O) groups excluding carboxylic acids is 3. The van der Waals surface area contributed by atoms with Crippen LogP contribution in [0.1, 0.15) is 137 Å². The van der Waals surface area contributed by atoms with Crippen LogP contribution in [0, 0.1) is 11.8 Å². The van der Waals surface area contributed by atoms with Gasteiger partial charge in [-0.1, -0.05) is 70.2 Å². The van der Waals surface area contributed by atoms with Gasteiger partial charge in [-0.15, -0.1) is 0 Å². The second-order valence-electron chi connectivity index (χ2n) is 21.3. The number of hydrogen-bond acceptors (Lipinski definition) is 9. The molecule has 0 spiro atoms. The van der Waals surface area contributed by atoms with Crippen molar-refractivity contribution in [3.63, 3.8) is 0 Å². The van der Waals surface area contributed by atoms with Crippen LogP contribution in [0.15, 0.2) is 91.0 Å². The van der Waals surface area contributed by atoms with Crippen molar-refractivity contribution in [2.75, 3.05) is 50.1 Å². The highest BCUT2D eigenvalue weighted by molar-refractivity contribution is 5.87. The third-order valence-electron chi connectivity index (χ3n) is 16.2. The van der Waals surface area contributed by atoms with Crippen molar-refractivity contribution in [3.8, 4) is 0 Å². The average molecular weight is 991 g/mol. The van der Waals surface area contributed by atoms with E-state index in [1.165, 1.54) is 31.0 Å². The number of amides is 4. The molecule has 6 aromatic rings. The molecule has 4 fully saturated rings. The van der Waals surface area contributed by atoms with E-state index < -0.39 is 24.3 Å². The molecule has 4 aliphatic rings. The number of likely N-dealkylation sites (tertiary alicyclic amines) is 2. The second kappa shape index (κ2) is 20.8. The number of rotatable bonds is 13. The van der Waals surface area contributed by atoms with E-state index in [2.05, 4.69) is 116 Å². The number of methoxy groups -OCH3 is 1. The van der Waals surface area contributed by atoms with E-state index in [-0.39, 0.29) is 47.8 Å². The largest absolute Gasteiger partial charge is 0.465 e. The summed E-state index contributed by atoms with van der Waals surface area (Å²) in [6.07, 6.45) is 5.46. The minimum atomic E-state index is -1.12. The number of hydrogen-bond donors (Lipinski definition) is 4. The van der Waals surface area contributed by atoms with Gasteiger partial charge in [-0.3, -0.25) is 14.5 Å². The number of carboxylic acid groups (broad SMARTS) is 1. The fourth-order valence-electron chi connectivity index (χ4n) is 12.4. The Morgan fingerprint density at radius 1 is 0.644 bits per heavy atom. The molecule has 4 saturated heterocycles. The number of nitrogens with zero attached hydrogens (tertiary/aromatic N) is 7. The highest BCUT2D eigenvalue weighted by atomic mass is 16.5. The molecule has 73 heavy (non-hydrogen) atoms. The van der Waals surface area contributed by atoms with Crippen LogP contribution in [0.4, 0.5) is 21.0 Å². The standard InChI is InChI=1S/C57H70N10O6/c1-34(2)50(62-56(70)73-6)54(68)65-28-10-14-48(65)52-58-42-22-16-38(32-44(42)60-52)46-24-25-47(67(46)41-20-18-40(19-21-41)64-30-26-37(27-31-64)36-12-8-7-9-13-36)39-17-23-43-45(33-39)61-53(59-43)49-15-11-29-66(49)55(69)51(35(3)4)63(5)57(71)72/h7-9,12-13,16-23,32-35,37,46-51H,10-11,14-15,24-31H2,1-6H3,(H,58,60)(H,59,61)(H,62,70)(H,71,72)/t46-,47-,48+,49+,50+,51+/m1/s1. The Hall–Kier alpha value is -7.10. The van der Waals surface area contributed by atoms with E-state index in [0.717, 1.165) is 114 Å². The first kappa shape index (κ1) is 49.5. The first-order valence-corrected chi connectivity index (χ1v) is 26.4. The summed E-state index contributed by atoms with van der Waals surface area (Å²) in [6.45, 7) is 10.7. The Balaban J connectivity index is 0.941. The summed E-state index contributed by atoms with van der Waals surface area (Å²) in [5.41, 5.74) is 9.60. The molecule has 6 atom stereocenters. The van der Waals surface area contributed by atoms with Crippen LogP contribution in [0.2, 0.25) is 0 Å². The molecule has 10 rings (SSSR count). The monoisotopic (exact) mass is 991 g/mol. The number of likely N-dealkylation sites (N-methyl/N-ethyl adjacent to an activating group) is 1. The highest BCUT2D eigenvalue weighted by Gasteiger charge is 2.42. The molecular weight excluding hydrogens is 921 g/mol. The number of anilines is 2. The quantitative estimate of drug-likeness (QED) is 0.0869. The molecule has 4 aliphatic heterocycles. The van der Waals surface area contributed by atoms with Gasteiger partial charge in [0, 0.05) is 44.6 Å². The van der Waals surface area contributed by atoms with Crippen molar-refractivity contribution in [1.29, 1.82) is 0 Å². The van der Waals surface area contributed by atoms with Gasteiger partial charge in [0.2, 0.25) is 11.8 Å². The van der Waals surface area contributed by atoms with Gasteiger partial charge in [0.25, 0.3) is 0 Å². The maximum absolute atomic E-state index is 14.0. The van der Waals surface area contributed by atoms with Crippen molar-refractivity contribution < 1.29 is 29.0 Å². The SMILES string of the molecule is COC(=O)N[C@H](C(=O)N1CCC[C@H]1c1nc2ccc([C@H]3CC[C@H](c4ccc5nc([C@@H]6CCCN6C(=O)[C@H](C(C)C)N(C)C(=O)O)[nH]c5c4)N3c3ccc(N4CCC(c5ccccc5)CC4)cc3)cc2[nH]1)C(C)C. The Bertz CT molecular complexity index is 2950. The molecular formula is C57H70N10O6. The number of carbonyl (C=O) groups is 4. The molecule has 4 N–H and O–H groups in total. The molecule has 2 aromatic heterocycles. The van der Waals surface area contributed by atoms with E-state index >= 15 is 0 Å². The van der Waals surface area contributed by atoms with E-state index in [9.17, 15) is 24.3 Å². The molecule has 4 aromatic carbocycles. The number of aromatic nitrogens is 4. The summed E-state index contributed by atoms with van der Waals surface area (Å²) in [6, 6.07) is 31.1. The molecule has 0 aliphatic carbocycles. The zero-order chi connectivity index (χ0) is 51.1. The van der Waals surface area contributed by atoms with Crippen molar-refractivity contribution in [1.82, 2.24) is 40.0 Å². The summed E-state index contributed by atoms with van der Waals surface area (Å²) in [7, 11) is 2.78. The number of ether oxygens (including phenoxy) is 1. The van der Waals surface area contributed by atoms with Gasteiger partial charge in [0.1, 0.15) is 23.7 Å². The van der Waals surface area contributed by atoms with E-state index in [0.29, 0.717) is 19.0 Å². The lowest BCUT2D eigenvalue weighted by molar-refractivity contribution is -0.138. The smallest absolute Gasteiger partial charge is 0.407 e. The van der Waals surface area contributed by atoms with Gasteiger partial charge in [-0.05, 0) is 134 Å². The Kier molecular flexibility index (Phi) is 14.1. The Morgan fingerprint density at radius 2 is 1.18 bits per heavy atom. The maximum atomic E-state index is 14.0. The van der Waals surface area contributed by atoms with Crippen LogP contribution >= 0.6 is 0 Å². The van der Waals surface area contributed by atoms with Gasteiger partial charge < -0.3 is 44.7 Å². The lowest BCUT2D eigenvalue weighted by Crippen LogP contribution is -2.51. The summed E-state index contributed by atoms with van der Waals surface area (Å²) < 4.78 is 4.86. The van der Waals surface area contributed by atoms with Crippen LogP contribution in [0.3, 0.4) is 0 Å². The Labute approximate surface area is 427 Å². The van der Waals surface area contributed by atoms with Crippen LogP contribution in [0.5, 0.6) is 0 Å². The predicted molar refractivity (Wildman–Crippen MR) is 282 cm³/mol. The van der Waals surface area contributed by atoms with Crippen molar-refractivity contribution in [2.45, 2.75) is 121 Å². The maximum Gasteiger partial charge on any atom is 0.407 e. The van der Waals surface area contributed by atoms with Gasteiger partial charge in [-0.25, -0.2) is 19.6 Å². The number of imidazole rings is 2. The van der Waals surface area contributed by atoms with Crippen LogP contribution in [0.25, 0.3) is 22.1 Å². The van der Waals surface area contributed by atoms with Crippen molar-refractivity contribution in [2.24, 2.45) is 11.8 Å². The number of fused-ring (bicyclic) bond motifs is 2. The zero-order valence-electron chi connectivity index (χ0n) is 43.0. The first-order chi connectivity index (χ1) is 35.3. The van der Waals surface area contributed by atoms with E-state index in [1.807, 2.05) is 37.5 Å². The zero-order valence-corrected chi connectivity index (χ0v) is 43.0. The van der Waals surface area contributed by atoms with Gasteiger partial charge >= 0.3 is 12.2 Å². The fourth-order valence-corrected chi connectivity index (χ4v) is 12.4. The predicted octanol–water partition coefficient (Wildman–Crippen LogP) is 10.2. The number of H-pyrrole nitrogens is 2. The van der Waals surface area contributed by atoms with E-state index in [4.69, 9.17) is 14.7 Å². The number of piperidine rings is 1. The van der Waals surface area contributed by atoms with Crippen molar-refractivity contribution >= 4 is 57.4 Å². The molecule has 6 heterocycles. The van der Waals surface area contributed by atoms with Gasteiger partial charge in [-0.2, -0.15) is 0 Å². The number of nitrogens with one attached hydrogen (secondary N) is 3. The fraction of sp³-hybridized carbons (Fsp3) is 0.474. The minimum absolute atomic E-state index is 0.0371. The number of aromatic amines is 2. The number of alkyl carbamates (subject to hydrolysis) is 1. The molecule has 16 nitrogen and oxygen atoms in total. The Morgan fingerprint density at radius 3 is 1.68 bits per heavy atom. The van der Waals surface area contributed by atoms with Crippen LogP contribution in [-0.2, 0) is 14.3 Å². The molecule has 16 heteroatoms. The molecule has 4 amide bonds. The molecule has 384 valence electrons. The third kappa shape index (κ3) is 9.80. The van der Waals surface area contributed by atoms with Crippen LogP contribution < -0.4 is 15.1 Å². The lowest BCUT2D eigenvalue weighted by atomic mass is 9.89. The normalized spacial score (nSPS) is 21.4. The summed E-state index contributed by atoms with van der Waals surface area (Å²) in [5, 5.41) is 12.6. The minimum Gasteiger partial charge on any atom is -0.465 e. The molecule has 0 saturated carbocycles. The molecule has 0 bridgehead atoms.